The van der Waals surface area contributed by atoms with Gasteiger partial charge in [-0.3, -0.25) is 0 Å². The molecule has 0 aromatic heterocycles. The number of nitrogens with zero attached hydrogens (tertiary/aromatic N) is 1. The molecule has 0 fully saturated rings. The van der Waals surface area contributed by atoms with Crippen LogP contribution in [0.1, 0.15) is 24.4 Å². The van der Waals surface area contributed by atoms with Crippen molar-refractivity contribution in [2.75, 3.05) is 25.1 Å². The summed E-state index contributed by atoms with van der Waals surface area (Å²) in [5, 5.41) is 13.1. The molecule has 0 spiro atoms. The highest BCUT2D eigenvalue weighted by Crippen LogP contribution is 2.38. The van der Waals surface area contributed by atoms with Crippen LogP contribution in [-0.4, -0.2) is 25.3 Å². The average molecular weight is 393 g/mol. The number of hydrogen-bond donors (Lipinski definition) is 2. The smallest absolute Gasteiger partial charge is 0.0778 e. The molecule has 1 aromatic rings. The zero-order valence-electron chi connectivity index (χ0n) is 10.9. The van der Waals surface area contributed by atoms with Crippen molar-refractivity contribution in [1.82, 2.24) is 5.32 Å². The number of rotatable bonds is 5. The summed E-state index contributed by atoms with van der Waals surface area (Å²) in [5.41, 5.74) is 2.40. The van der Waals surface area contributed by atoms with Crippen LogP contribution in [0.2, 0.25) is 5.02 Å². The summed E-state index contributed by atoms with van der Waals surface area (Å²) in [5.74, 6) is 0. The van der Waals surface area contributed by atoms with Crippen LogP contribution in [0.3, 0.4) is 0 Å². The molecule has 1 atom stereocenters. The topological polar surface area (TPSA) is 35.5 Å². The molecule has 0 radical (unpaired) electrons. The van der Waals surface area contributed by atoms with Gasteiger partial charge in [0.1, 0.15) is 0 Å². The van der Waals surface area contributed by atoms with Gasteiger partial charge in [-0.05, 0) is 65.7 Å². The summed E-state index contributed by atoms with van der Waals surface area (Å²) in [4.78, 5) is 2.15. The quantitative estimate of drug-likeness (QED) is 0.457. The first-order chi connectivity index (χ1) is 9.13. The number of unbranched alkanes of at least 4 members (excludes halogenated alkanes) is 1. The maximum absolute atomic E-state index is 8.81. The van der Waals surface area contributed by atoms with Crippen LogP contribution < -0.4 is 10.2 Å². The average Bonchev–Trinajstić information content (AvgIpc) is 2.40. The van der Waals surface area contributed by atoms with Gasteiger partial charge < -0.3 is 15.3 Å². The Labute approximate surface area is 132 Å². The van der Waals surface area contributed by atoms with E-state index < -0.39 is 0 Å². The summed E-state index contributed by atoms with van der Waals surface area (Å²) >= 11 is 8.43. The molecule has 1 unspecified atom stereocenters. The molecule has 0 aliphatic carbocycles. The molecule has 1 aromatic carbocycles. The zero-order valence-corrected chi connectivity index (χ0v) is 13.8. The molecule has 19 heavy (non-hydrogen) atoms. The molecule has 0 bridgehead atoms. The minimum Gasteiger partial charge on any atom is -0.396 e. The van der Waals surface area contributed by atoms with E-state index in [0.717, 1.165) is 30.1 Å². The number of anilines is 1. The molecule has 0 amide bonds. The molecular weight excluding hydrogens is 375 g/mol. The lowest BCUT2D eigenvalue weighted by Gasteiger charge is -2.31. The summed E-state index contributed by atoms with van der Waals surface area (Å²) in [6, 6.07) is 6.24. The van der Waals surface area contributed by atoms with Crippen LogP contribution in [-0.2, 0) is 0 Å². The van der Waals surface area contributed by atoms with Crippen LogP contribution >= 0.6 is 34.2 Å². The van der Waals surface area contributed by atoms with Crippen molar-refractivity contribution in [2.45, 2.75) is 18.9 Å². The van der Waals surface area contributed by atoms with Crippen LogP contribution in [0.4, 0.5) is 5.69 Å². The number of fused-ring (bicyclic) bond motifs is 1. The summed E-state index contributed by atoms with van der Waals surface area (Å²) in [6.07, 6.45) is 4.04. The normalized spacial score (nSPS) is 18.2. The highest BCUT2D eigenvalue weighted by Gasteiger charge is 2.22. The Bertz CT molecular complexity index is 479. The Morgan fingerprint density at radius 3 is 2.95 bits per heavy atom. The van der Waals surface area contributed by atoms with Gasteiger partial charge in [-0.2, -0.15) is 0 Å². The first kappa shape index (κ1) is 15.1. The molecular formula is C14H18ClIN2O. The van der Waals surface area contributed by atoms with E-state index in [1.165, 1.54) is 9.27 Å². The van der Waals surface area contributed by atoms with E-state index in [4.69, 9.17) is 16.7 Å². The largest absolute Gasteiger partial charge is 0.396 e. The van der Waals surface area contributed by atoms with Gasteiger partial charge in [-0.1, -0.05) is 17.7 Å². The fraction of sp³-hybridized carbons (Fsp3) is 0.429. The number of nitrogens with one attached hydrogen (secondary N) is 1. The second kappa shape index (κ2) is 6.92. The van der Waals surface area contributed by atoms with Crippen molar-refractivity contribution < 1.29 is 5.11 Å². The lowest BCUT2D eigenvalue weighted by Crippen LogP contribution is -2.28. The lowest BCUT2D eigenvalue weighted by atomic mass is 10.0. The van der Waals surface area contributed by atoms with E-state index in [-0.39, 0.29) is 12.6 Å². The standard InChI is InChI=1S/C14H18ClIN2O/c1-18-13-8-10(15)4-5-11(13)12(9-14(18)16)17-6-2-3-7-19/h4-5,8-9,12,17,19H,2-3,6-7H2,1H3. The third-order valence-electron chi connectivity index (χ3n) is 3.26. The van der Waals surface area contributed by atoms with Crippen molar-refractivity contribution >= 4 is 39.9 Å². The highest BCUT2D eigenvalue weighted by molar-refractivity contribution is 14.1. The van der Waals surface area contributed by atoms with Crippen molar-refractivity contribution in [3.05, 3.63) is 38.6 Å². The van der Waals surface area contributed by atoms with Gasteiger partial charge in [-0.15, -0.1) is 0 Å². The van der Waals surface area contributed by atoms with Gasteiger partial charge in [0, 0.05) is 24.4 Å². The second-order valence-corrected chi connectivity index (χ2v) is 6.16. The van der Waals surface area contributed by atoms with Crippen LogP contribution in [0.15, 0.2) is 28.0 Å². The molecule has 0 saturated carbocycles. The van der Waals surface area contributed by atoms with Gasteiger partial charge in [-0.25, -0.2) is 0 Å². The van der Waals surface area contributed by atoms with Gasteiger partial charge in [0.25, 0.3) is 0 Å². The van der Waals surface area contributed by atoms with E-state index in [0.29, 0.717) is 0 Å². The van der Waals surface area contributed by atoms with Gasteiger partial charge in [0.2, 0.25) is 0 Å². The van der Waals surface area contributed by atoms with Crippen molar-refractivity contribution in [1.29, 1.82) is 0 Å². The Kier molecular flexibility index (Phi) is 5.50. The van der Waals surface area contributed by atoms with E-state index in [2.05, 4.69) is 52.0 Å². The molecule has 5 heteroatoms. The minimum atomic E-state index is 0.217. The fourth-order valence-corrected chi connectivity index (χ4v) is 2.97. The molecule has 3 nitrogen and oxygen atoms in total. The monoisotopic (exact) mass is 392 g/mol. The summed E-state index contributed by atoms with van der Waals surface area (Å²) < 4.78 is 1.19. The van der Waals surface area contributed by atoms with Gasteiger partial charge in [0.15, 0.2) is 0 Å². The number of benzene rings is 1. The predicted molar refractivity (Wildman–Crippen MR) is 89.0 cm³/mol. The van der Waals surface area contributed by atoms with Gasteiger partial charge >= 0.3 is 0 Å². The number of aliphatic hydroxyl groups excluding tert-OH is 1. The second-order valence-electron chi connectivity index (χ2n) is 4.61. The fourth-order valence-electron chi connectivity index (χ4n) is 2.19. The highest BCUT2D eigenvalue weighted by atomic mass is 127. The molecule has 1 heterocycles. The Hall–Kier alpha value is -0.300. The minimum absolute atomic E-state index is 0.217. The Morgan fingerprint density at radius 1 is 1.42 bits per heavy atom. The number of aliphatic hydroxyl groups is 1. The first-order valence-corrected chi connectivity index (χ1v) is 7.84. The lowest BCUT2D eigenvalue weighted by molar-refractivity contribution is 0.283. The van der Waals surface area contributed by atoms with Crippen molar-refractivity contribution in [3.63, 3.8) is 0 Å². The third kappa shape index (κ3) is 3.62. The first-order valence-electron chi connectivity index (χ1n) is 6.38. The van der Waals surface area contributed by atoms with E-state index in [1.54, 1.807) is 0 Å². The van der Waals surface area contributed by atoms with Crippen LogP contribution in [0, 0.1) is 0 Å². The maximum Gasteiger partial charge on any atom is 0.0778 e. The zero-order chi connectivity index (χ0) is 13.8. The maximum atomic E-state index is 8.81. The molecule has 104 valence electrons. The summed E-state index contributed by atoms with van der Waals surface area (Å²) in [6.45, 7) is 1.16. The van der Waals surface area contributed by atoms with Gasteiger partial charge in [0.05, 0.1) is 9.75 Å². The van der Waals surface area contributed by atoms with Crippen molar-refractivity contribution in [3.8, 4) is 0 Å². The Morgan fingerprint density at radius 2 is 2.21 bits per heavy atom. The number of halogens is 2. The van der Waals surface area contributed by atoms with Crippen LogP contribution in [0.5, 0.6) is 0 Å². The van der Waals surface area contributed by atoms with E-state index in [9.17, 15) is 0 Å². The molecule has 1 aliphatic rings. The molecule has 2 rings (SSSR count). The predicted octanol–water partition coefficient (Wildman–Crippen LogP) is 3.47. The molecule has 0 saturated heterocycles. The van der Waals surface area contributed by atoms with Crippen LogP contribution in [0.25, 0.3) is 0 Å². The molecule has 2 N–H and O–H groups in total. The number of hydrogen-bond acceptors (Lipinski definition) is 3. The summed E-state index contributed by atoms with van der Waals surface area (Å²) in [7, 11) is 2.05. The SMILES string of the molecule is CN1C(I)=CC(NCCCCO)c2ccc(Cl)cc21. The molecule has 1 aliphatic heterocycles. The Balaban J connectivity index is 2.16. The third-order valence-corrected chi connectivity index (χ3v) is 4.58. The van der Waals surface area contributed by atoms with E-state index >= 15 is 0 Å². The van der Waals surface area contributed by atoms with Crippen molar-refractivity contribution in [2.24, 2.45) is 0 Å². The van der Waals surface area contributed by atoms with E-state index in [1.807, 2.05) is 12.1 Å².